The summed E-state index contributed by atoms with van der Waals surface area (Å²) >= 11 is 1.65. The van der Waals surface area contributed by atoms with Crippen molar-refractivity contribution in [1.82, 2.24) is 10.4 Å². The minimum absolute atomic E-state index is 0.136. The number of hydrogen-bond donors (Lipinski definition) is 2. The van der Waals surface area contributed by atoms with E-state index >= 15 is 0 Å². The summed E-state index contributed by atoms with van der Waals surface area (Å²) in [5.74, 6) is 6.05. The zero-order valence-electron chi connectivity index (χ0n) is 10.1. The topological polar surface area (TPSA) is 60.2 Å². The molecule has 2 unspecified atom stereocenters. The lowest BCUT2D eigenvalue weighted by Crippen LogP contribution is -2.48. The highest BCUT2D eigenvalue weighted by Gasteiger charge is 2.24. The SMILES string of the molecule is CCOC(C(C)C)C(Cc1cncs1)NN. The molecule has 3 N–H and O–H groups in total. The molecular weight excluding hydrogens is 222 g/mol. The zero-order valence-corrected chi connectivity index (χ0v) is 11.0. The molecule has 4 nitrogen and oxygen atoms in total. The Kier molecular flexibility index (Phi) is 5.90. The first-order chi connectivity index (χ1) is 7.69. The molecule has 0 amide bonds. The van der Waals surface area contributed by atoms with Gasteiger partial charge in [-0.15, -0.1) is 11.3 Å². The molecule has 0 fully saturated rings. The van der Waals surface area contributed by atoms with E-state index in [1.165, 1.54) is 4.88 Å². The van der Waals surface area contributed by atoms with Crippen molar-refractivity contribution in [3.05, 3.63) is 16.6 Å². The highest BCUT2D eigenvalue weighted by atomic mass is 32.1. The van der Waals surface area contributed by atoms with Gasteiger partial charge in [-0.3, -0.25) is 16.3 Å². The van der Waals surface area contributed by atoms with E-state index in [0.717, 1.165) is 6.42 Å². The average Bonchev–Trinajstić information content (AvgIpc) is 2.75. The van der Waals surface area contributed by atoms with Gasteiger partial charge in [0.2, 0.25) is 0 Å². The predicted molar refractivity (Wildman–Crippen MR) is 67.2 cm³/mol. The Labute approximate surface area is 101 Å². The Hall–Kier alpha value is -0.490. The normalized spacial score (nSPS) is 15.3. The number of nitrogens with two attached hydrogens (primary N) is 1. The molecular formula is C11H21N3OS. The van der Waals surface area contributed by atoms with Gasteiger partial charge in [-0.2, -0.15) is 0 Å². The molecule has 0 spiro atoms. The van der Waals surface area contributed by atoms with Gasteiger partial charge in [-0.1, -0.05) is 13.8 Å². The molecule has 0 aliphatic rings. The van der Waals surface area contributed by atoms with E-state index < -0.39 is 0 Å². The highest BCUT2D eigenvalue weighted by Crippen LogP contribution is 2.17. The van der Waals surface area contributed by atoms with E-state index in [0.29, 0.717) is 12.5 Å². The van der Waals surface area contributed by atoms with Gasteiger partial charge in [0.1, 0.15) is 0 Å². The summed E-state index contributed by atoms with van der Waals surface area (Å²) in [5, 5.41) is 0. The van der Waals surface area contributed by atoms with Crippen LogP contribution in [0, 0.1) is 5.92 Å². The van der Waals surface area contributed by atoms with Gasteiger partial charge in [0.15, 0.2) is 0 Å². The van der Waals surface area contributed by atoms with Crippen molar-refractivity contribution in [1.29, 1.82) is 0 Å². The fraction of sp³-hybridized carbons (Fsp3) is 0.727. The molecule has 2 atom stereocenters. The maximum absolute atomic E-state index is 5.75. The van der Waals surface area contributed by atoms with E-state index in [2.05, 4.69) is 24.3 Å². The minimum atomic E-state index is 0.136. The maximum Gasteiger partial charge on any atom is 0.0794 e. The summed E-state index contributed by atoms with van der Waals surface area (Å²) in [5.41, 5.74) is 4.70. The summed E-state index contributed by atoms with van der Waals surface area (Å²) in [6, 6.07) is 0.139. The average molecular weight is 243 g/mol. The van der Waals surface area contributed by atoms with Crippen LogP contribution in [-0.2, 0) is 11.2 Å². The Morgan fingerprint density at radius 3 is 2.75 bits per heavy atom. The lowest BCUT2D eigenvalue weighted by molar-refractivity contribution is 0.00372. The number of ether oxygens (including phenoxy) is 1. The standard InChI is InChI=1S/C11H21N3OS/c1-4-15-11(8(2)3)10(14-12)5-9-6-13-7-16-9/h6-8,10-11,14H,4-5,12H2,1-3H3. The lowest BCUT2D eigenvalue weighted by Gasteiger charge is -2.29. The summed E-state index contributed by atoms with van der Waals surface area (Å²) in [6.07, 6.45) is 2.89. The zero-order chi connectivity index (χ0) is 12.0. The Morgan fingerprint density at radius 1 is 1.56 bits per heavy atom. The maximum atomic E-state index is 5.75. The highest BCUT2D eigenvalue weighted by molar-refractivity contribution is 7.09. The largest absolute Gasteiger partial charge is 0.377 e. The van der Waals surface area contributed by atoms with E-state index in [9.17, 15) is 0 Å². The fourth-order valence-corrected chi connectivity index (χ4v) is 2.45. The molecule has 1 aromatic heterocycles. The number of nitrogens with zero attached hydrogens (tertiary/aromatic N) is 1. The van der Waals surface area contributed by atoms with Crippen molar-refractivity contribution in [2.24, 2.45) is 11.8 Å². The van der Waals surface area contributed by atoms with Gasteiger partial charge in [-0.05, 0) is 12.8 Å². The van der Waals surface area contributed by atoms with Crippen LogP contribution in [0.1, 0.15) is 25.6 Å². The Morgan fingerprint density at radius 2 is 2.31 bits per heavy atom. The van der Waals surface area contributed by atoms with Crippen LogP contribution in [-0.4, -0.2) is 23.7 Å². The van der Waals surface area contributed by atoms with E-state index in [1.54, 1.807) is 11.3 Å². The third-order valence-corrected chi connectivity index (χ3v) is 3.33. The predicted octanol–water partition coefficient (Wildman–Crippen LogP) is 1.58. The van der Waals surface area contributed by atoms with Crippen molar-refractivity contribution in [2.45, 2.75) is 39.3 Å². The smallest absolute Gasteiger partial charge is 0.0794 e. The quantitative estimate of drug-likeness (QED) is 0.564. The van der Waals surface area contributed by atoms with Crippen LogP contribution in [0.4, 0.5) is 0 Å². The van der Waals surface area contributed by atoms with Crippen LogP contribution in [0.5, 0.6) is 0 Å². The summed E-state index contributed by atoms with van der Waals surface area (Å²) in [7, 11) is 0. The molecule has 0 saturated carbocycles. The van der Waals surface area contributed by atoms with Gasteiger partial charge in [0, 0.05) is 24.1 Å². The number of thiazole rings is 1. The van der Waals surface area contributed by atoms with Crippen LogP contribution < -0.4 is 11.3 Å². The van der Waals surface area contributed by atoms with Gasteiger partial charge in [0.05, 0.1) is 17.7 Å². The van der Waals surface area contributed by atoms with E-state index in [4.69, 9.17) is 10.6 Å². The number of rotatable bonds is 7. The lowest BCUT2D eigenvalue weighted by atomic mass is 9.97. The molecule has 0 radical (unpaired) electrons. The van der Waals surface area contributed by atoms with Crippen molar-refractivity contribution in [2.75, 3.05) is 6.61 Å². The van der Waals surface area contributed by atoms with Crippen LogP contribution >= 0.6 is 11.3 Å². The van der Waals surface area contributed by atoms with Crippen LogP contribution in [0.15, 0.2) is 11.7 Å². The van der Waals surface area contributed by atoms with Crippen LogP contribution in [0.25, 0.3) is 0 Å². The number of hydrogen-bond acceptors (Lipinski definition) is 5. The van der Waals surface area contributed by atoms with Crippen LogP contribution in [0.3, 0.4) is 0 Å². The monoisotopic (exact) mass is 243 g/mol. The third-order valence-electron chi connectivity index (χ3n) is 2.53. The van der Waals surface area contributed by atoms with Gasteiger partial charge in [0.25, 0.3) is 0 Å². The second-order valence-corrected chi connectivity index (χ2v) is 5.08. The second kappa shape index (κ2) is 6.96. The van der Waals surface area contributed by atoms with Crippen molar-refractivity contribution >= 4 is 11.3 Å². The van der Waals surface area contributed by atoms with Gasteiger partial charge < -0.3 is 4.74 Å². The summed E-state index contributed by atoms with van der Waals surface area (Å²) < 4.78 is 5.75. The molecule has 0 bridgehead atoms. The molecule has 1 heterocycles. The molecule has 0 aromatic carbocycles. The third kappa shape index (κ3) is 3.83. The molecule has 5 heteroatoms. The second-order valence-electron chi connectivity index (χ2n) is 4.11. The molecule has 1 aromatic rings. The molecule has 0 saturated heterocycles. The summed E-state index contributed by atoms with van der Waals surface area (Å²) in [4.78, 5) is 5.30. The molecule has 0 aliphatic carbocycles. The van der Waals surface area contributed by atoms with Crippen molar-refractivity contribution in [3.8, 4) is 0 Å². The number of nitrogens with one attached hydrogen (secondary N) is 1. The van der Waals surface area contributed by atoms with Gasteiger partial charge in [-0.25, -0.2) is 0 Å². The Bertz CT molecular complexity index is 277. The summed E-state index contributed by atoms with van der Waals surface area (Å²) in [6.45, 7) is 7.02. The number of hydrazine groups is 1. The van der Waals surface area contributed by atoms with Crippen LogP contribution in [0.2, 0.25) is 0 Å². The molecule has 0 aliphatic heterocycles. The van der Waals surface area contributed by atoms with Crippen molar-refractivity contribution in [3.63, 3.8) is 0 Å². The van der Waals surface area contributed by atoms with Gasteiger partial charge >= 0.3 is 0 Å². The Balaban J connectivity index is 2.63. The first-order valence-corrected chi connectivity index (χ1v) is 6.52. The van der Waals surface area contributed by atoms with E-state index in [1.807, 2.05) is 18.6 Å². The molecule has 92 valence electrons. The first kappa shape index (κ1) is 13.6. The van der Waals surface area contributed by atoms with Crippen molar-refractivity contribution < 1.29 is 4.74 Å². The molecule has 16 heavy (non-hydrogen) atoms. The fourth-order valence-electron chi connectivity index (χ4n) is 1.80. The number of aromatic nitrogens is 1. The first-order valence-electron chi connectivity index (χ1n) is 5.64. The van der Waals surface area contributed by atoms with E-state index in [-0.39, 0.29) is 12.1 Å². The molecule has 1 rings (SSSR count). The minimum Gasteiger partial charge on any atom is -0.377 e.